The van der Waals surface area contributed by atoms with Crippen LogP contribution in [0.25, 0.3) is 6.08 Å². The Bertz CT molecular complexity index is 1400. The van der Waals surface area contributed by atoms with Crippen LogP contribution >= 0.6 is 58.8 Å². The number of thiocarbonyl (C=S) groups is 1. The van der Waals surface area contributed by atoms with Gasteiger partial charge in [-0.05, 0) is 71.9 Å². The Morgan fingerprint density at radius 2 is 1.78 bits per heavy atom. The molecule has 3 amide bonds. The zero-order chi connectivity index (χ0) is 26.5. The van der Waals surface area contributed by atoms with E-state index in [2.05, 4.69) is 10.7 Å². The molecule has 2 N–H and O–H groups in total. The fourth-order valence-corrected chi connectivity index (χ4v) is 4.79. The minimum absolute atomic E-state index is 0.176. The summed E-state index contributed by atoms with van der Waals surface area (Å²) in [6, 6.07) is 16.6. The second-order valence-corrected chi connectivity index (χ2v) is 10.5. The summed E-state index contributed by atoms with van der Waals surface area (Å²) in [4.78, 5) is 25.6. The molecular formula is C25H18Cl3N3O4S2. The lowest BCUT2D eigenvalue weighted by Gasteiger charge is -2.16. The zero-order valence-corrected chi connectivity index (χ0v) is 23.0. The zero-order valence-electron chi connectivity index (χ0n) is 19.1. The largest absolute Gasteiger partial charge is 0.493 e. The standard InChI is InChI=1S/C25H18Cl3N3O4S2/c1-34-21-10-15(4-9-20(21)35-13-14-2-5-16(26)6-3-14)11-22-23(32)31(25(36)37-22)30-24(33)29-17-7-8-18(27)19(28)12-17/h2-12H,13H2,1H3,(H2,29,30,33)/b22-11+. The lowest BCUT2D eigenvalue weighted by atomic mass is 10.2. The molecule has 0 spiro atoms. The van der Waals surface area contributed by atoms with Gasteiger partial charge in [-0.3, -0.25) is 4.79 Å². The third-order valence-corrected chi connectivity index (χ3v) is 7.27. The second kappa shape index (κ2) is 12.1. The number of carbonyl (C=O) groups excluding carboxylic acids is 2. The van der Waals surface area contributed by atoms with Crippen molar-refractivity contribution in [2.24, 2.45) is 0 Å². The molecule has 0 bridgehead atoms. The van der Waals surface area contributed by atoms with Gasteiger partial charge in [-0.2, -0.15) is 5.01 Å². The first-order valence-corrected chi connectivity index (χ1v) is 13.0. The first kappa shape index (κ1) is 27.1. The summed E-state index contributed by atoms with van der Waals surface area (Å²) in [7, 11) is 1.53. The number of hydrogen-bond donors (Lipinski definition) is 2. The molecule has 1 fully saturated rings. The van der Waals surface area contributed by atoms with Crippen molar-refractivity contribution in [3.8, 4) is 11.5 Å². The van der Waals surface area contributed by atoms with E-state index in [-0.39, 0.29) is 9.34 Å². The van der Waals surface area contributed by atoms with Gasteiger partial charge in [0.25, 0.3) is 5.91 Å². The Hall–Kier alpha value is -2.95. The topological polar surface area (TPSA) is 79.9 Å². The van der Waals surface area contributed by atoms with Gasteiger partial charge in [0.1, 0.15) is 6.61 Å². The van der Waals surface area contributed by atoms with Crippen LogP contribution in [-0.4, -0.2) is 28.4 Å². The van der Waals surface area contributed by atoms with E-state index in [0.717, 1.165) is 22.3 Å². The van der Waals surface area contributed by atoms with E-state index in [0.29, 0.717) is 44.3 Å². The van der Waals surface area contributed by atoms with Crippen LogP contribution in [0.3, 0.4) is 0 Å². The molecule has 0 aliphatic carbocycles. The monoisotopic (exact) mass is 593 g/mol. The molecule has 0 aromatic heterocycles. The van der Waals surface area contributed by atoms with E-state index in [1.54, 1.807) is 48.5 Å². The summed E-state index contributed by atoms with van der Waals surface area (Å²) in [5.41, 5.74) is 4.49. The molecule has 1 saturated heterocycles. The quantitative estimate of drug-likeness (QED) is 0.223. The molecule has 1 aliphatic rings. The van der Waals surface area contributed by atoms with Gasteiger partial charge in [0.05, 0.1) is 22.1 Å². The van der Waals surface area contributed by atoms with Crippen LogP contribution in [0, 0.1) is 0 Å². The molecule has 12 heteroatoms. The van der Waals surface area contributed by atoms with Crippen molar-refractivity contribution >= 4 is 86.8 Å². The van der Waals surface area contributed by atoms with E-state index >= 15 is 0 Å². The van der Waals surface area contributed by atoms with Crippen molar-refractivity contribution in [3.05, 3.63) is 91.8 Å². The number of nitrogens with zero attached hydrogens (tertiary/aromatic N) is 1. The highest BCUT2D eigenvalue weighted by Gasteiger charge is 2.33. The highest BCUT2D eigenvalue weighted by atomic mass is 35.5. The number of nitrogens with one attached hydrogen (secondary N) is 2. The number of amides is 3. The van der Waals surface area contributed by atoms with E-state index in [1.165, 1.54) is 13.2 Å². The van der Waals surface area contributed by atoms with Crippen molar-refractivity contribution in [1.82, 2.24) is 10.4 Å². The molecular weight excluding hydrogens is 577 g/mol. The van der Waals surface area contributed by atoms with Crippen molar-refractivity contribution in [2.45, 2.75) is 6.61 Å². The Labute approximate surface area is 237 Å². The number of carbonyl (C=O) groups is 2. The molecule has 1 heterocycles. The van der Waals surface area contributed by atoms with Crippen molar-refractivity contribution in [3.63, 3.8) is 0 Å². The van der Waals surface area contributed by atoms with Crippen molar-refractivity contribution in [2.75, 3.05) is 12.4 Å². The van der Waals surface area contributed by atoms with Crippen LogP contribution in [0.5, 0.6) is 11.5 Å². The normalized spacial score (nSPS) is 14.2. The number of rotatable bonds is 7. The Kier molecular flexibility index (Phi) is 8.83. The average Bonchev–Trinajstić information content (AvgIpc) is 3.13. The summed E-state index contributed by atoms with van der Waals surface area (Å²) in [5, 5.41) is 4.87. The number of thioether (sulfide) groups is 1. The van der Waals surface area contributed by atoms with Gasteiger partial charge in [-0.15, -0.1) is 0 Å². The number of anilines is 1. The predicted molar refractivity (Wildman–Crippen MR) is 152 cm³/mol. The molecule has 4 rings (SSSR count). The van der Waals surface area contributed by atoms with Crippen LogP contribution in [0.15, 0.2) is 65.6 Å². The Balaban J connectivity index is 1.42. The highest BCUT2D eigenvalue weighted by molar-refractivity contribution is 8.26. The summed E-state index contributed by atoms with van der Waals surface area (Å²) in [5.74, 6) is 0.571. The molecule has 37 heavy (non-hydrogen) atoms. The first-order valence-electron chi connectivity index (χ1n) is 10.6. The maximum absolute atomic E-state index is 12.9. The van der Waals surface area contributed by atoms with Crippen molar-refractivity contribution < 1.29 is 19.1 Å². The van der Waals surface area contributed by atoms with E-state index in [4.69, 9.17) is 56.5 Å². The van der Waals surface area contributed by atoms with Gasteiger partial charge in [-0.25, -0.2) is 10.2 Å². The van der Waals surface area contributed by atoms with Gasteiger partial charge in [-0.1, -0.05) is 64.8 Å². The van der Waals surface area contributed by atoms with Gasteiger partial charge in [0.2, 0.25) is 0 Å². The highest BCUT2D eigenvalue weighted by Crippen LogP contribution is 2.34. The predicted octanol–water partition coefficient (Wildman–Crippen LogP) is 7.17. The van der Waals surface area contributed by atoms with E-state index < -0.39 is 11.9 Å². The lowest BCUT2D eigenvalue weighted by Crippen LogP contribution is -2.46. The van der Waals surface area contributed by atoms with Gasteiger partial charge >= 0.3 is 6.03 Å². The van der Waals surface area contributed by atoms with Crippen LogP contribution in [0.1, 0.15) is 11.1 Å². The Morgan fingerprint density at radius 3 is 2.49 bits per heavy atom. The Morgan fingerprint density at radius 1 is 1.03 bits per heavy atom. The lowest BCUT2D eigenvalue weighted by molar-refractivity contribution is -0.123. The minimum Gasteiger partial charge on any atom is -0.493 e. The summed E-state index contributed by atoms with van der Waals surface area (Å²) < 4.78 is 11.5. The maximum atomic E-state index is 12.9. The van der Waals surface area contributed by atoms with E-state index in [9.17, 15) is 9.59 Å². The van der Waals surface area contributed by atoms with E-state index in [1.807, 2.05) is 12.1 Å². The second-order valence-electron chi connectivity index (χ2n) is 7.54. The smallest absolute Gasteiger partial charge is 0.338 e. The fraction of sp³-hybridized carbons (Fsp3) is 0.0800. The summed E-state index contributed by atoms with van der Waals surface area (Å²) in [6.07, 6.45) is 1.66. The third kappa shape index (κ3) is 6.88. The number of halogens is 3. The molecule has 0 saturated carbocycles. The molecule has 7 nitrogen and oxygen atoms in total. The molecule has 0 unspecified atom stereocenters. The molecule has 3 aromatic rings. The number of hydrazine groups is 1. The minimum atomic E-state index is -0.667. The molecule has 0 atom stereocenters. The van der Waals surface area contributed by atoms with Crippen molar-refractivity contribution in [1.29, 1.82) is 0 Å². The van der Waals surface area contributed by atoms with Gasteiger partial charge in [0, 0.05) is 10.7 Å². The van der Waals surface area contributed by atoms with Gasteiger partial charge < -0.3 is 14.8 Å². The number of ether oxygens (including phenoxy) is 2. The molecule has 3 aromatic carbocycles. The number of benzene rings is 3. The van der Waals surface area contributed by atoms with Crippen LogP contribution in [0.4, 0.5) is 10.5 Å². The summed E-state index contributed by atoms with van der Waals surface area (Å²) >= 11 is 24.1. The maximum Gasteiger partial charge on any atom is 0.338 e. The summed E-state index contributed by atoms with van der Waals surface area (Å²) in [6.45, 7) is 0.335. The first-order chi connectivity index (χ1) is 17.7. The van der Waals surface area contributed by atoms with Crippen LogP contribution in [-0.2, 0) is 11.4 Å². The number of urea groups is 1. The molecule has 190 valence electrons. The van der Waals surface area contributed by atoms with Crippen LogP contribution < -0.4 is 20.2 Å². The molecule has 1 aliphatic heterocycles. The SMILES string of the molecule is COc1cc(/C=C2/SC(=S)N(NC(=O)Nc3ccc(Cl)c(Cl)c3)C2=O)ccc1OCc1ccc(Cl)cc1. The number of hydrogen-bond acceptors (Lipinski definition) is 6. The average molecular weight is 595 g/mol. The van der Waals surface area contributed by atoms with Crippen LogP contribution in [0.2, 0.25) is 15.1 Å². The molecule has 0 radical (unpaired) electrons. The van der Waals surface area contributed by atoms with Gasteiger partial charge in [0.15, 0.2) is 15.8 Å². The third-order valence-electron chi connectivity index (χ3n) is 4.98. The number of methoxy groups -OCH3 is 1. The fourth-order valence-electron chi connectivity index (χ4n) is 3.18.